The van der Waals surface area contributed by atoms with E-state index < -0.39 is 0 Å². The molecule has 2 aromatic rings. The van der Waals surface area contributed by atoms with Gasteiger partial charge in [-0.15, -0.1) is 11.3 Å². The summed E-state index contributed by atoms with van der Waals surface area (Å²) in [5, 5.41) is 1.05. The molecular formula is C20H25NO2S. The summed E-state index contributed by atoms with van der Waals surface area (Å²) < 4.78 is 1.17. The van der Waals surface area contributed by atoms with Crippen molar-refractivity contribution >= 4 is 38.9 Å². The molecule has 0 aliphatic carbocycles. The van der Waals surface area contributed by atoms with Crippen molar-refractivity contribution < 1.29 is 9.59 Å². The van der Waals surface area contributed by atoms with Crippen LogP contribution in [-0.4, -0.2) is 11.8 Å². The van der Waals surface area contributed by atoms with E-state index in [2.05, 4.69) is 13.0 Å². The number of benzene rings is 1. The fourth-order valence-electron chi connectivity index (χ4n) is 3.39. The van der Waals surface area contributed by atoms with E-state index in [9.17, 15) is 9.59 Å². The lowest BCUT2D eigenvalue weighted by Crippen LogP contribution is -2.29. The van der Waals surface area contributed by atoms with Gasteiger partial charge in [-0.1, -0.05) is 57.2 Å². The van der Waals surface area contributed by atoms with Crippen molar-refractivity contribution in [1.29, 1.82) is 0 Å². The smallest absolute Gasteiger partial charge is 0.234 e. The molecule has 3 nitrogen and oxygen atoms in total. The standard InChI is InChI=1S/C20H25NO2S/c1-2-3-4-5-6-7-12-17-20(21-18(22)13-14-19(21)23)15-10-8-9-11-16(15)24-17/h8-11H,2-7,12-14H2,1H3. The van der Waals surface area contributed by atoms with Gasteiger partial charge in [0.25, 0.3) is 0 Å². The average Bonchev–Trinajstić information content (AvgIpc) is 3.10. The van der Waals surface area contributed by atoms with Crippen LogP contribution in [0, 0.1) is 0 Å². The molecule has 0 radical (unpaired) electrons. The Morgan fingerprint density at radius 1 is 0.958 bits per heavy atom. The minimum atomic E-state index is -0.0484. The van der Waals surface area contributed by atoms with Gasteiger partial charge in [-0.25, -0.2) is 4.90 Å². The molecule has 0 atom stereocenters. The zero-order chi connectivity index (χ0) is 16.9. The molecule has 0 unspecified atom stereocenters. The van der Waals surface area contributed by atoms with E-state index in [1.807, 2.05) is 18.2 Å². The molecule has 1 aliphatic heterocycles. The predicted molar refractivity (Wildman–Crippen MR) is 101 cm³/mol. The largest absolute Gasteiger partial charge is 0.274 e. The molecular weight excluding hydrogens is 318 g/mol. The number of unbranched alkanes of at least 4 members (excludes halogenated alkanes) is 5. The first-order chi connectivity index (χ1) is 11.7. The zero-order valence-corrected chi connectivity index (χ0v) is 15.2. The highest BCUT2D eigenvalue weighted by atomic mass is 32.1. The van der Waals surface area contributed by atoms with Gasteiger partial charge in [0.15, 0.2) is 0 Å². The summed E-state index contributed by atoms with van der Waals surface area (Å²) in [5.74, 6) is -0.0968. The van der Waals surface area contributed by atoms with E-state index in [4.69, 9.17) is 0 Å². The quantitative estimate of drug-likeness (QED) is 0.471. The van der Waals surface area contributed by atoms with Crippen LogP contribution in [-0.2, 0) is 16.0 Å². The first kappa shape index (κ1) is 17.2. The molecule has 0 spiro atoms. The Morgan fingerprint density at radius 3 is 2.38 bits per heavy atom. The summed E-state index contributed by atoms with van der Waals surface area (Å²) in [6.45, 7) is 2.23. The van der Waals surface area contributed by atoms with Crippen LogP contribution >= 0.6 is 11.3 Å². The van der Waals surface area contributed by atoms with E-state index in [0.717, 1.165) is 23.9 Å². The van der Waals surface area contributed by atoms with Crippen molar-refractivity contribution in [3.8, 4) is 0 Å². The number of amides is 2. The van der Waals surface area contributed by atoms with Gasteiger partial charge >= 0.3 is 0 Å². The summed E-state index contributed by atoms with van der Waals surface area (Å²) in [5.41, 5.74) is 0.872. The Bertz CT molecular complexity index is 718. The summed E-state index contributed by atoms with van der Waals surface area (Å²) in [4.78, 5) is 27.1. The Hall–Kier alpha value is -1.68. The number of nitrogens with zero attached hydrogens (tertiary/aromatic N) is 1. The lowest BCUT2D eigenvalue weighted by atomic mass is 10.1. The number of carbonyl (C=O) groups excluding carboxylic acids is 2. The molecule has 2 heterocycles. The molecule has 1 aromatic heterocycles. The van der Waals surface area contributed by atoms with E-state index in [0.29, 0.717) is 12.8 Å². The van der Waals surface area contributed by atoms with Crippen LogP contribution in [0.25, 0.3) is 10.1 Å². The van der Waals surface area contributed by atoms with Crippen molar-refractivity contribution in [2.45, 2.75) is 64.7 Å². The fourth-order valence-corrected chi connectivity index (χ4v) is 4.62. The molecule has 4 heteroatoms. The van der Waals surface area contributed by atoms with Crippen molar-refractivity contribution in [2.75, 3.05) is 4.90 Å². The second-order valence-electron chi connectivity index (χ2n) is 6.51. The molecule has 128 valence electrons. The van der Waals surface area contributed by atoms with E-state index in [1.165, 1.54) is 46.6 Å². The van der Waals surface area contributed by atoms with Gasteiger partial charge in [0.05, 0.1) is 5.69 Å². The second kappa shape index (κ2) is 7.93. The van der Waals surface area contributed by atoms with Crippen molar-refractivity contribution in [3.05, 3.63) is 29.1 Å². The first-order valence-electron chi connectivity index (χ1n) is 9.08. The molecule has 24 heavy (non-hydrogen) atoms. The minimum Gasteiger partial charge on any atom is -0.274 e. The number of hydrogen-bond donors (Lipinski definition) is 0. The van der Waals surface area contributed by atoms with Crippen molar-refractivity contribution in [3.63, 3.8) is 0 Å². The Balaban J connectivity index is 1.80. The number of imide groups is 1. The number of thiophene rings is 1. The highest BCUT2D eigenvalue weighted by molar-refractivity contribution is 7.19. The van der Waals surface area contributed by atoms with Crippen molar-refractivity contribution in [1.82, 2.24) is 0 Å². The van der Waals surface area contributed by atoms with Crippen LogP contribution in [0.3, 0.4) is 0 Å². The maximum absolute atomic E-state index is 12.2. The SMILES string of the molecule is CCCCCCCCc1sc2ccccc2c1N1C(=O)CCC1=O. The van der Waals surface area contributed by atoms with Crippen LogP contribution in [0.1, 0.15) is 63.2 Å². The Kier molecular flexibility index (Phi) is 5.67. The van der Waals surface area contributed by atoms with Gasteiger partial charge in [0, 0.05) is 27.8 Å². The van der Waals surface area contributed by atoms with Gasteiger partial charge in [0.2, 0.25) is 11.8 Å². The number of hydrogen-bond acceptors (Lipinski definition) is 3. The van der Waals surface area contributed by atoms with Crippen LogP contribution in [0.4, 0.5) is 5.69 Å². The molecule has 0 bridgehead atoms. The third-order valence-electron chi connectivity index (χ3n) is 4.67. The van der Waals surface area contributed by atoms with Crippen LogP contribution in [0.5, 0.6) is 0 Å². The summed E-state index contributed by atoms with van der Waals surface area (Å²) in [6.07, 6.45) is 9.14. The van der Waals surface area contributed by atoms with Gasteiger partial charge in [-0.2, -0.15) is 0 Å². The van der Waals surface area contributed by atoms with Gasteiger partial charge in [-0.3, -0.25) is 9.59 Å². The highest BCUT2D eigenvalue weighted by Crippen LogP contribution is 2.41. The van der Waals surface area contributed by atoms with Gasteiger partial charge in [0.1, 0.15) is 0 Å². The summed E-state index contributed by atoms with van der Waals surface area (Å²) in [7, 11) is 0. The molecule has 0 N–H and O–H groups in total. The summed E-state index contributed by atoms with van der Waals surface area (Å²) >= 11 is 1.74. The first-order valence-corrected chi connectivity index (χ1v) is 9.90. The third kappa shape index (κ3) is 3.54. The van der Waals surface area contributed by atoms with E-state index in [-0.39, 0.29) is 11.8 Å². The second-order valence-corrected chi connectivity index (χ2v) is 7.65. The lowest BCUT2D eigenvalue weighted by Gasteiger charge is -2.15. The van der Waals surface area contributed by atoms with Crippen LogP contribution in [0.15, 0.2) is 24.3 Å². The minimum absolute atomic E-state index is 0.0484. The Morgan fingerprint density at radius 2 is 1.62 bits per heavy atom. The van der Waals surface area contributed by atoms with Crippen LogP contribution < -0.4 is 4.90 Å². The average molecular weight is 343 g/mol. The molecule has 1 saturated heterocycles. The van der Waals surface area contributed by atoms with E-state index in [1.54, 1.807) is 11.3 Å². The van der Waals surface area contributed by atoms with Gasteiger partial charge in [-0.05, 0) is 18.9 Å². The zero-order valence-electron chi connectivity index (χ0n) is 14.3. The number of carbonyl (C=O) groups is 2. The van der Waals surface area contributed by atoms with Crippen LogP contribution in [0.2, 0.25) is 0 Å². The molecule has 1 aliphatic rings. The molecule has 2 amide bonds. The Labute approximate surface area is 147 Å². The fraction of sp³-hybridized carbons (Fsp3) is 0.500. The molecule has 1 aromatic carbocycles. The molecule has 1 fully saturated rings. The monoisotopic (exact) mass is 343 g/mol. The van der Waals surface area contributed by atoms with E-state index >= 15 is 0 Å². The lowest BCUT2D eigenvalue weighted by molar-refractivity contribution is -0.121. The molecule has 0 saturated carbocycles. The normalized spacial score (nSPS) is 15.0. The highest BCUT2D eigenvalue weighted by Gasteiger charge is 2.33. The van der Waals surface area contributed by atoms with Crippen molar-refractivity contribution in [2.24, 2.45) is 0 Å². The predicted octanol–water partition coefficient (Wildman–Crippen LogP) is 5.46. The third-order valence-corrected chi connectivity index (χ3v) is 5.89. The topological polar surface area (TPSA) is 37.4 Å². The number of anilines is 1. The number of aryl methyl sites for hydroxylation is 1. The van der Waals surface area contributed by atoms with Gasteiger partial charge < -0.3 is 0 Å². The summed E-state index contributed by atoms with van der Waals surface area (Å²) in [6, 6.07) is 8.12. The maximum atomic E-state index is 12.2. The molecule has 3 rings (SSSR count). The maximum Gasteiger partial charge on any atom is 0.234 e. The number of fused-ring (bicyclic) bond motifs is 1. The number of rotatable bonds is 8.